The van der Waals surface area contributed by atoms with Crippen molar-refractivity contribution >= 4 is 23.3 Å². The van der Waals surface area contributed by atoms with Crippen molar-refractivity contribution in [3.8, 4) is 0 Å². The summed E-state index contributed by atoms with van der Waals surface area (Å²) in [6.07, 6.45) is 3.11. The van der Waals surface area contributed by atoms with Crippen molar-refractivity contribution in [1.82, 2.24) is 4.98 Å². The van der Waals surface area contributed by atoms with Gasteiger partial charge in [0.2, 0.25) is 11.8 Å². The number of aromatic nitrogens is 1. The number of anilines is 2. The quantitative estimate of drug-likeness (QED) is 0.698. The largest absolute Gasteiger partial charge is 0.369 e. The van der Waals surface area contributed by atoms with Crippen LogP contribution in [0.3, 0.4) is 0 Å². The summed E-state index contributed by atoms with van der Waals surface area (Å²) in [4.78, 5) is 28.7. The Kier molecular flexibility index (Phi) is 4.52. The summed E-state index contributed by atoms with van der Waals surface area (Å²) < 4.78 is 0. The van der Waals surface area contributed by atoms with E-state index in [-0.39, 0.29) is 24.3 Å². The van der Waals surface area contributed by atoms with Crippen molar-refractivity contribution < 1.29 is 9.59 Å². The number of pyridine rings is 1. The standard InChI is InChI=1S/C13H19N5O2/c14-7-12(19)17-10-1-2-11(16-8-10)18-5-3-9(4-6-18)13(15)20/h1-2,8-9H,3-7,14H2,(H2,15,20)(H,17,19). The number of carbonyl (C=O) groups excluding carboxylic acids is 2. The van der Waals surface area contributed by atoms with Crippen LogP contribution in [0.15, 0.2) is 18.3 Å². The monoisotopic (exact) mass is 277 g/mol. The van der Waals surface area contributed by atoms with E-state index in [4.69, 9.17) is 11.5 Å². The topological polar surface area (TPSA) is 114 Å². The summed E-state index contributed by atoms with van der Waals surface area (Å²) in [7, 11) is 0. The van der Waals surface area contributed by atoms with Crippen molar-refractivity contribution in [2.24, 2.45) is 17.4 Å². The molecule has 1 saturated heterocycles. The minimum atomic E-state index is -0.248. The van der Waals surface area contributed by atoms with Gasteiger partial charge in [0.25, 0.3) is 0 Å². The Labute approximate surface area is 117 Å². The van der Waals surface area contributed by atoms with Crippen LogP contribution >= 0.6 is 0 Å². The van der Waals surface area contributed by atoms with Gasteiger partial charge < -0.3 is 21.7 Å². The van der Waals surface area contributed by atoms with Gasteiger partial charge in [0.1, 0.15) is 5.82 Å². The number of piperidine rings is 1. The van der Waals surface area contributed by atoms with E-state index in [1.807, 2.05) is 6.07 Å². The molecule has 1 aliphatic rings. The second-order valence-electron chi connectivity index (χ2n) is 4.82. The van der Waals surface area contributed by atoms with E-state index in [1.165, 1.54) is 0 Å². The molecule has 7 heteroatoms. The van der Waals surface area contributed by atoms with Crippen LogP contribution in [-0.2, 0) is 9.59 Å². The lowest BCUT2D eigenvalue weighted by molar-refractivity contribution is -0.122. The van der Waals surface area contributed by atoms with Crippen molar-refractivity contribution in [1.29, 1.82) is 0 Å². The lowest BCUT2D eigenvalue weighted by Gasteiger charge is -2.31. The van der Waals surface area contributed by atoms with Gasteiger partial charge in [-0.1, -0.05) is 0 Å². The second-order valence-corrected chi connectivity index (χ2v) is 4.82. The predicted octanol–water partition coefficient (Wildman–Crippen LogP) is -0.320. The fraction of sp³-hybridized carbons (Fsp3) is 0.462. The smallest absolute Gasteiger partial charge is 0.238 e. The molecule has 0 radical (unpaired) electrons. The van der Waals surface area contributed by atoms with E-state index in [0.717, 1.165) is 31.7 Å². The summed E-state index contributed by atoms with van der Waals surface area (Å²) in [5.41, 5.74) is 11.2. The molecule has 2 rings (SSSR count). The van der Waals surface area contributed by atoms with Crippen LogP contribution in [0.25, 0.3) is 0 Å². The number of carbonyl (C=O) groups is 2. The maximum Gasteiger partial charge on any atom is 0.238 e. The molecule has 0 aromatic carbocycles. The summed E-state index contributed by atoms with van der Waals surface area (Å²) in [6.45, 7) is 1.46. The Balaban J connectivity index is 1.94. The highest BCUT2D eigenvalue weighted by atomic mass is 16.2. The molecule has 7 nitrogen and oxygen atoms in total. The normalized spacial score (nSPS) is 15.9. The number of rotatable bonds is 4. The summed E-state index contributed by atoms with van der Waals surface area (Å²) >= 11 is 0. The minimum absolute atomic E-state index is 0.0330. The van der Waals surface area contributed by atoms with Crippen molar-refractivity contribution in [2.75, 3.05) is 29.9 Å². The first kappa shape index (κ1) is 14.3. The molecule has 108 valence electrons. The first-order valence-electron chi connectivity index (χ1n) is 6.60. The van der Waals surface area contributed by atoms with Gasteiger partial charge in [-0.05, 0) is 25.0 Å². The van der Waals surface area contributed by atoms with Gasteiger partial charge in [-0.15, -0.1) is 0 Å². The predicted molar refractivity (Wildman–Crippen MR) is 76.1 cm³/mol. The Morgan fingerprint density at radius 1 is 1.35 bits per heavy atom. The average Bonchev–Trinajstić information content (AvgIpc) is 2.48. The molecule has 0 atom stereocenters. The van der Waals surface area contributed by atoms with E-state index in [1.54, 1.807) is 12.3 Å². The molecule has 20 heavy (non-hydrogen) atoms. The molecular weight excluding hydrogens is 258 g/mol. The number of hydrogen-bond donors (Lipinski definition) is 3. The fourth-order valence-electron chi connectivity index (χ4n) is 2.25. The van der Waals surface area contributed by atoms with Crippen LogP contribution in [0.4, 0.5) is 11.5 Å². The molecule has 0 aliphatic carbocycles. The second kappa shape index (κ2) is 6.33. The van der Waals surface area contributed by atoms with E-state index in [0.29, 0.717) is 5.69 Å². The number of primary amides is 1. The van der Waals surface area contributed by atoms with Gasteiger partial charge >= 0.3 is 0 Å². The summed E-state index contributed by atoms with van der Waals surface area (Å²) in [5.74, 6) is 0.326. The Bertz CT molecular complexity index is 480. The zero-order valence-corrected chi connectivity index (χ0v) is 11.2. The van der Waals surface area contributed by atoms with Gasteiger partial charge in [0.15, 0.2) is 0 Å². The molecule has 0 saturated carbocycles. The summed E-state index contributed by atoms with van der Waals surface area (Å²) in [5, 5.41) is 2.64. The third kappa shape index (κ3) is 3.45. The highest BCUT2D eigenvalue weighted by Crippen LogP contribution is 2.22. The van der Waals surface area contributed by atoms with Crippen molar-refractivity contribution in [2.45, 2.75) is 12.8 Å². The molecular formula is C13H19N5O2. The third-order valence-corrected chi connectivity index (χ3v) is 3.44. The number of amides is 2. The zero-order valence-electron chi connectivity index (χ0n) is 11.2. The summed E-state index contributed by atoms with van der Waals surface area (Å²) in [6, 6.07) is 3.63. The Hall–Kier alpha value is -2.15. The molecule has 2 heterocycles. The van der Waals surface area contributed by atoms with E-state index in [9.17, 15) is 9.59 Å². The molecule has 5 N–H and O–H groups in total. The molecule has 0 unspecified atom stereocenters. The molecule has 1 aliphatic heterocycles. The Morgan fingerprint density at radius 2 is 2.05 bits per heavy atom. The number of nitrogens with one attached hydrogen (secondary N) is 1. The Morgan fingerprint density at radius 3 is 2.55 bits per heavy atom. The molecule has 1 fully saturated rings. The average molecular weight is 277 g/mol. The maximum atomic E-state index is 11.1. The maximum absolute atomic E-state index is 11.1. The van der Waals surface area contributed by atoms with Gasteiger partial charge in [-0.3, -0.25) is 9.59 Å². The highest BCUT2D eigenvalue weighted by molar-refractivity contribution is 5.91. The molecule has 1 aromatic rings. The lowest BCUT2D eigenvalue weighted by Crippen LogP contribution is -2.38. The van der Waals surface area contributed by atoms with Gasteiger partial charge in [-0.25, -0.2) is 4.98 Å². The van der Waals surface area contributed by atoms with Gasteiger partial charge in [0.05, 0.1) is 18.4 Å². The van der Waals surface area contributed by atoms with E-state index >= 15 is 0 Å². The first-order chi connectivity index (χ1) is 9.60. The van der Waals surface area contributed by atoms with Crippen LogP contribution in [0.5, 0.6) is 0 Å². The SMILES string of the molecule is NCC(=O)Nc1ccc(N2CCC(C(N)=O)CC2)nc1. The first-order valence-corrected chi connectivity index (χ1v) is 6.60. The molecule has 0 bridgehead atoms. The van der Waals surface area contributed by atoms with E-state index < -0.39 is 0 Å². The van der Waals surface area contributed by atoms with Crippen LogP contribution in [0, 0.1) is 5.92 Å². The molecule has 2 amide bonds. The van der Waals surface area contributed by atoms with Crippen molar-refractivity contribution in [3.63, 3.8) is 0 Å². The van der Waals surface area contributed by atoms with Crippen LogP contribution in [0.2, 0.25) is 0 Å². The van der Waals surface area contributed by atoms with Crippen molar-refractivity contribution in [3.05, 3.63) is 18.3 Å². The number of nitrogens with zero attached hydrogens (tertiary/aromatic N) is 2. The van der Waals surface area contributed by atoms with Crippen LogP contribution in [-0.4, -0.2) is 36.4 Å². The minimum Gasteiger partial charge on any atom is -0.369 e. The molecule has 1 aromatic heterocycles. The highest BCUT2D eigenvalue weighted by Gasteiger charge is 2.23. The van der Waals surface area contributed by atoms with Gasteiger partial charge in [0, 0.05) is 19.0 Å². The number of hydrogen-bond acceptors (Lipinski definition) is 5. The van der Waals surface area contributed by atoms with E-state index in [2.05, 4.69) is 15.2 Å². The molecule has 0 spiro atoms. The third-order valence-electron chi connectivity index (χ3n) is 3.44. The van der Waals surface area contributed by atoms with Crippen LogP contribution in [0.1, 0.15) is 12.8 Å². The number of nitrogens with two attached hydrogens (primary N) is 2. The fourth-order valence-corrected chi connectivity index (χ4v) is 2.25. The zero-order chi connectivity index (χ0) is 14.5. The van der Waals surface area contributed by atoms with Gasteiger partial charge in [-0.2, -0.15) is 0 Å². The lowest BCUT2D eigenvalue weighted by atomic mass is 9.96. The van der Waals surface area contributed by atoms with Crippen LogP contribution < -0.4 is 21.7 Å².